The van der Waals surface area contributed by atoms with E-state index in [1.807, 2.05) is 0 Å². The highest BCUT2D eigenvalue weighted by Gasteiger charge is 2.32. The van der Waals surface area contributed by atoms with Crippen molar-refractivity contribution in [2.45, 2.75) is 23.6 Å². The van der Waals surface area contributed by atoms with Gasteiger partial charge >= 0.3 is 0 Å². The maximum absolute atomic E-state index is 12.8. The van der Waals surface area contributed by atoms with E-state index in [1.165, 1.54) is 48.5 Å². The Balaban J connectivity index is 1.41. The van der Waals surface area contributed by atoms with Gasteiger partial charge in [0.25, 0.3) is 32.1 Å². The molecule has 14 heteroatoms. The Morgan fingerprint density at radius 3 is 1.77 bits per heavy atom. The lowest BCUT2D eigenvalue weighted by atomic mass is 10.0. The predicted octanol–water partition coefficient (Wildman–Crippen LogP) is 2.98. The molecule has 4 rings (SSSR count). The largest absolute Gasteiger partial charge is 0.294 e. The zero-order chi connectivity index (χ0) is 28.5. The highest BCUT2D eigenvalue weighted by Crippen LogP contribution is 2.27. The molecular weight excluding hydrogens is 548 g/mol. The van der Waals surface area contributed by atoms with E-state index in [-0.39, 0.29) is 15.7 Å². The number of rotatable bonds is 7. The molecule has 2 aromatic rings. The summed E-state index contributed by atoms with van der Waals surface area (Å²) >= 11 is 0. The van der Waals surface area contributed by atoms with Crippen LogP contribution in [0.2, 0.25) is 0 Å². The second-order valence-electron chi connectivity index (χ2n) is 8.46. The summed E-state index contributed by atoms with van der Waals surface area (Å²) in [6, 6.07) is 10.1. The van der Waals surface area contributed by atoms with Gasteiger partial charge in [0.2, 0.25) is 0 Å². The third-order valence-electron chi connectivity index (χ3n) is 5.79. The van der Waals surface area contributed by atoms with Crippen LogP contribution in [-0.2, 0) is 29.8 Å². The minimum Gasteiger partial charge on any atom is -0.282 e. The SMILES string of the molecule is CC1=NN(c2ccc(S(=O)(=O)O)cc2)C(=O)C1=CC=CC=CC1C(=O)N(c2ccc(S(=O)(=O)O)cc2)N=C1C. The van der Waals surface area contributed by atoms with Crippen molar-refractivity contribution in [1.82, 2.24) is 0 Å². The predicted molar refractivity (Wildman–Crippen MR) is 144 cm³/mol. The van der Waals surface area contributed by atoms with Crippen molar-refractivity contribution in [2.24, 2.45) is 16.1 Å². The van der Waals surface area contributed by atoms with E-state index in [4.69, 9.17) is 9.11 Å². The van der Waals surface area contributed by atoms with E-state index < -0.39 is 32.1 Å². The summed E-state index contributed by atoms with van der Waals surface area (Å²) in [6.07, 6.45) is 8.04. The first-order valence-electron chi connectivity index (χ1n) is 11.3. The number of anilines is 2. The molecule has 1 unspecified atom stereocenters. The quantitative estimate of drug-likeness (QED) is 0.290. The monoisotopic (exact) mass is 570 g/mol. The molecule has 0 aliphatic carbocycles. The Morgan fingerprint density at radius 1 is 0.744 bits per heavy atom. The van der Waals surface area contributed by atoms with Gasteiger partial charge in [0.05, 0.1) is 44.1 Å². The standard InChI is InChI=1S/C25H22N4O8S2/c1-16-22(24(30)28(26-16)18-8-12-20(13-9-18)38(32,33)34)6-4-3-5-7-23-17(2)27-29(25(23)31)19-10-14-21(15-11-19)39(35,36)37/h3-15,22H,1-2H3,(H,32,33,34)(H,35,36,37). The summed E-state index contributed by atoms with van der Waals surface area (Å²) in [7, 11) is -8.71. The molecule has 0 saturated heterocycles. The van der Waals surface area contributed by atoms with E-state index in [9.17, 15) is 26.4 Å². The van der Waals surface area contributed by atoms with Crippen LogP contribution in [0.1, 0.15) is 13.8 Å². The van der Waals surface area contributed by atoms with E-state index in [2.05, 4.69) is 10.2 Å². The minimum atomic E-state index is -4.36. The van der Waals surface area contributed by atoms with Gasteiger partial charge in [-0.05, 0) is 68.5 Å². The Kier molecular flexibility index (Phi) is 7.48. The molecular formula is C25H22N4O8S2. The molecule has 202 valence electrons. The molecule has 2 amide bonds. The van der Waals surface area contributed by atoms with Crippen molar-refractivity contribution in [3.63, 3.8) is 0 Å². The van der Waals surface area contributed by atoms with Gasteiger partial charge < -0.3 is 0 Å². The Morgan fingerprint density at radius 2 is 1.26 bits per heavy atom. The molecule has 2 aliphatic heterocycles. The molecule has 2 heterocycles. The molecule has 12 nitrogen and oxygen atoms in total. The Labute approximate surface area is 224 Å². The average molecular weight is 571 g/mol. The van der Waals surface area contributed by atoms with Crippen LogP contribution in [0, 0.1) is 5.92 Å². The summed E-state index contributed by atoms with van der Waals surface area (Å²) in [5, 5.41) is 10.7. The van der Waals surface area contributed by atoms with Gasteiger partial charge in [-0.15, -0.1) is 0 Å². The van der Waals surface area contributed by atoms with Gasteiger partial charge in [0.15, 0.2) is 0 Å². The lowest BCUT2D eigenvalue weighted by Gasteiger charge is -2.13. The fraction of sp³-hybridized carbons (Fsp3) is 0.120. The van der Waals surface area contributed by atoms with Crippen molar-refractivity contribution in [3.8, 4) is 0 Å². The average Bonchev–Trinajstić information content (AvgIpc) is 3.32. The molecule has 0 fully saturated rings. The van der Waals surface area contributed by atoms with Crippen molar-refractivity contribution in [3.05, 3.63) is 84.5 Å². The number of hydrazone groups is 2. The zero-order valence-electron chi connectivity index (χ0n) is 20.5. The number of carbonyl (C=O) groups is 2. The molecule has 0 radical (unpaired) electrons. The number of hydrogen-bond acceptors (Lipinski definition) is 8. The van der Waals surface area contributed by atoms with Crippen LogP contribution in [0.25, 0.3) is 0 Å². The smallest absolute Gasteiger partial charge is 0.282 e. The van der Waals surface area contributed by atoms with Crippen molar-refractivity contribution in [1.29, 1.82) is 0 Å². The second kappa shape index (κ2) is 10.5. The normalized spacial score (nSPS) is 19.6. The molecule has 0 saturated carbocycles. The van der Waals surface area contributed by atoms with Crippen LogP contribution < -0.4 is 10.0 Å². The summed E-state index contributed by atoms with van der Waals surface area (Å²) < 4.78 is 63.1. The van der Waals surface area contributed by atoms with Gasteiger partial charge in [-0.1, -0.05) is 24.3 Å². The van der Waals surface area contributed by atoms with Crippen molar-refractivity contribution < 1.29 is 35.5 Å². The first-order chi connectivity index (χ1) is 18.3. The topological polar surface area (TPSA) is 174 Å². The molecule has 2 aliphatic rings. The number of nitrogens with zero attached hydrogens (tertiary/aromatic N) is 4. The van der Waals surface area contributed by atoms with Crippen LogP contribution in [0.4, 0.5) is 11.4 Å². The molecule has 0 aromatic heterocycles. The minimum absolute atomic E-state index is 0.298. The highest BCUT2D eigenvalue weighted by atomic mass is 32.2. The van der Waals surface area contributed by atoms with Gasteiger partial charge in [0.1, 0.15) is 0 Å². The fourth-order valence-corrected chi connectivity index (χ4v) is 4.74. The summed E-state index contributed by atoms with van der Waals surface area (Å²) in [5.41, 5.74) is 1.94. The van der Waals surface area contributed by atoms with E-state index in [0.717, 1.165) is 10.0 Å². The van der Waals surface area contributed by atoms with E-state index in [0.29, 0.717) is 28.4 Å². The lowest BCUT2D eigenvalue weighted by Crippen LogP contribution is -2.25. The van der Waals surface area contributed by atoms with Gasteiger partial charge in [-0.2, -0.15) is 37.1 Å². The maximum atomic E-state index is 12.8. The number of allylic oxidation sites excluding steroid dienone is 4. The molecule has 0 spiro atoms. The van der Waals surface area contributed by atoms with E-state index in [1.54, 1.807) is 44.2 Å². The van der Waals surface area contributed by atoms with Crippen molar-refractivity contribution in [2.75, 3.05) is 10.0 Å². The maximum Gasteiger partial charge on any atom is 0.294 e. The number of amides is 2. The van der Waals surface area contributed by atoms with E-state index >= 15 is 0 Å². The number of carbonyl (C=O) groups excluding carboxylic acids is 2. The fourth-order valence-electron chi connectivity index (χ4n) is 3.78. The summed E-state index contributed by atoms with van der Waals surface area (Å²) in [4.78, 5) is 25.1. The van der Waals surface area contributed by atoms with Crippen LogP contribution in [0.5, 0.6) is 0 Å². The summed E-state index contributed by atoms with van der Waals surface area (Å²) in [5.74, 6) is -1.42. The number of benzene rings is 2. The zero-order valence-corrected chi connectivity index (χ0v) is 22.2. The lowest BCUT2D eigenvalue weighted by molar-refractivity contribution is -0.118. The Hall–Kier alpha value is -4.24. The molecule has 0 bridgehead atoms. The van der Waals surface area contributed by atoms with Crippen LogP contribution >= 0.6 is 0 Å². The first-order valence-corrected chi connectivity index (χ1v) is 14.1. The van der Waals surface area contributed by atoms with Crippen LogP contribution in [0.15, 0.2) is 104 Å². The molecule has 39 heavy (non-hydrogen) atoms. The first kappa shape index (κ1) is 27.8. The third-order valence-corrected chi connectivity index (χ3v) is 7.53. The van der Waals surface area contributed by atoms with Crippen molar-refractivity contribution >= 4 is 54.8 Å². The van der Waals surface area contributed by atoms with Gasteiger partial charge in [0, 0.05) is 0 Å². The summed E-state index contributed by atoms with van der Waals surface area (Å²) in [6.45, 7) is 3.33. The molecule has 2 N–H and O–H groups in total. The van der Waals surface area contributed by atoms with Crippen LogP contribution in [0.3, 0.4) is 0 Å². The number of hydrogen-bond donors (Lipinski definition) is 2. The molecule has 1 atom stereocenters. The molecule has 2 aromatic carbocycles. The third kappa shape index (κ3) is 5.93. The van der Waals surface area contributed by atoms with Gasteiger partial charge in [-0.3, -0.25) is 18.7 Å². The van der Waals surface area contributed by atoms with Crippen LogP contribution in [-0.4, -0.2) is 49.2 Å². The van der Waals surface area contributed by atoms with Gasteiger partial charge in [-0.25, -0.2) is 0 Å². The Bertz CT molecular complexity index is 1700. The highest BCUT2D eigenvalue weighted by molar-refractivity contribution is 7.86. The second-order valence-corrected chi connectivity index (χ2v) is 11.3.